The van der Waals surface area contributed by atoms with Gasteiger partial charge in [0.05, 0.1) is 6.20 Å². The van der Waals surface area contributed by atoms with Crippen molar-refractivity contribution < 1.29 is 9.32 Å². The predicted molar refractivity (Wildman–Crippen MR) is 86.9 cm³/mol. The fourth-order valence-electron chi connectivity index (χ4n) is 2.79. The summed E-state index contributed by atoms with van der Waals surface area (Å²) >= 11 is 0. The molecular formula is C16H20N6O2. The highest BCUT2D eigenvalue weighted by molar-refractivity contribution is 5.74. The fourth-order valence-corrected chi connectivity index (χ4v) is 2.79. The third kappa shape index (κ3) is 3.95. The first-order valence-electron chi connectivity index (χ1n) is 7.99. The zero-order valence-corrected chi connectivity index (χ0v) is 13.4. The Kier molecular flexibility index (Phi) is 5.15. The number of carbonyl (C=O) groups excluding carboxylic acids is 1. The molecule has 0 aromatic carbocycles. The lowest BCUT2D eigenvalue weighted by Crippen LogP contribution is -2.45. The molecule has 1 saturated heterocycles. The van der Waals surface area contributed by atoms with Gasteiger partial charge >= 0.3 is 6.03 Å². The van der Waals surface area contributed by atoms with Crippen LogP contribution in [0.1, 0.15) is 18.7 Å². The van der Waals surface area contributed by atoms with E-state index in [0.717, 1.165) is 19.4 Å². The Labute approximate surface area is 140 Å². The normalized spacial score (nSPS) is 17.5. The summed E-state index contributed by atoms with van der Waals surface area (Å²) in [6, 6.07) is -0.0506. The summed E-state index contributed by atoms with van der Waals surface area (Å²) in [5.41, 5.74) is 0.585. The van der Waals surface area contributed by atoms with E-state index in [1.165, 1.54) is 0 Å². The van der Waals surface area contributed by atoms with Crippen LogP contribution in [0.15, 0.2) is 35.8 Å². The number of aromatic nitrogens is 4. The van der Waals surface area contributed by atoms with Crippen LogP contribution in [-0.2, 0) is 6.42 Å². The Bertz CT molecular complexity index is 687. The molecule has 3 heterocycles. The second kappa shape index (κ2) is 7.67. The molecule has 8 nitrogen and oxygen atoms in total. The van der Waals surface area contributed by atoms with Gasteiger partial charge in [0.15, 0.2) is 0 Å². The Balaban J connectivity index is 1.59. The number of carbonyl (C=O) groups is 1. The van der Waals surface area contributed by atoms with E-state index in [9.17, 15) is 4.79 Å². The summed E-state index contributed by atoms with van der Waals surface area (Å²) in [5, 5.41) is 6.77. The van der Waals surface area contributed by atoms with Crippen molar-refractivity contribution >= 4 is 6.03 Å². The lowest BCUT2D eigenvalue weighted by Gasteiger charge is -2.32. The summed E-state index contributed by atoms with van der Waals surface area (Å²) in [6.45, 7) is 5.54. The molecule has 0 aliphatic carbocycles. The number of likely N-dealkylation sites (tertiary alicyclic amines) is 1. The molecule has 1 aliphatic rings. The van der Waals surface area contributed by atoms with Crippen LogP contribution in [0.3, 0.4) is 0 Å². The van der Waals surface area contributed by atoms with E-state index in [0.29, 0.717) is 42.8 Å². The quantitative estimate of drug-likeness (QED) is 0.839. The van der Waals surface area contributed by atoms with E-state index >= 15 is 0 Å². The summed E-state index contributed by atoms with van der Waals surface area (Å²) < 4.78 is 5.32. The number of hydrogen-bond acceptors (Lipinski definition) is 6. The topological polar surface area (TPSA) is 97.0 Å². The number of hydrogen-bond donors (Lipinski definition) is 1. The van der Waals surface area contributed by atoms with Crippen LogP contribution in [0.5, 0.6) is 0 Å². The molecule has 2 amide bonds. The van der Waals surface area contributed by atoms with Crippen molar-refractivity contribution in [3.05, 3.63) is 37.1 Å². The van der Waals surface area contributed by atoms with Crippen LogP contribution in [0.2, 0.25) is 0 Å². The summed E-state index contributed by atoms with van der Waals surface area (Å²) in [5.74, 6) is 1.31. The standard InChI is InChI=1S/C16H20N6O2/c1-2-5-19-16(23)22-8-3-4-12(11-22)9-14-20-15(21-24-14)13-10-17-6-7-18-13/h2,6-7,10,12H,1,3-5,8-9,11H2,(H,19,23). The van der Waals surface area contributed by atoms with Crippen LogP contribution in [0.4, 0.5) is 4.79 Å². The fraction of sp³-hybridized carbons (Fsp3) is 0.438. The Hall–Kier alpha value is -2.77. The molecule has 1 atom stereocenters. The average Bonchev–Trinajstić information content (AvgIpc) is 3.09. The minimum absolute atomic E-state index is 0.0506. The molecule has 3 rings (SSSR count). The number of rotatable bonds is 5. The van der Waals surface area contributed by atoms with Crippen molar-refractivity contribution in [2.75, 3.05) is 19.6 Å². The number of amides is 2. The van der Waals surface area contributed by atoms with Crippen LogP contribution in [-0.4, -0.2) is 50.7 Å². The van der Waals surface area contributed by atoms with Gasteiger partial charge in [-0.2, -0.15) is 4.98 Å². The van der Waals surface area contributed by atoms with Gasteiger partial charge in [0.1, 0.15) is 5.69 Å². The van der Waals surface area contributed by atoms with Crippen LogP contribution in [0, 0.1) is 5.92 Å². The van der Waals surface area contributed by atoms with Crippen molar-refractivity contribution in [2.24, 2.45) is 5.92 Å². The van der Waals surface area contributed by atoms with Gasteiger partial charge in [0.2, 0.25) is 11.7 Å². The third-order valence-corrected chi connectivity index (χ3v) is 3.93. The number of urea groups is 1. The zero-order chi connectivity index (χ0) is 16.8. The first kappa shape index (κ1) is 16.1. The van der Waals surface area contributed by atoms with Crippen molar-refractivity contribution in [1.82, 2.24) is 30.3 Å². The van der Waals surface area contributed by atoms with Gasteiger partial charge in [-0.25, -0.2) is 9.78 Å². The second-order valence-corrected chi connectivity index (χ2v) is 5.74. The van der Waals surface area contributed by atoms with Gasteiger partial charge in [-0.05, 0) is 18.8 Å². The van der Waals surface area contributed by atoms with Crippen LogP contribution in [0.25, 0.3) is 11.5 Å². The zero-order valence-electron chi connectivity index (χ0n) is 13.4. The average molecular weight is 328 g/mol. The summed E-state index contributed by atoms with van der Waals surface area (Å²) in [4.78, 5) is 26.4. The van der Waals surface area contributed by atoms with Gasteiger partial charge in [-0.3, -0.25) is 4.98 Å². The molecule has 1 aliphatic heterocycles. The molecule has 0 spiro atoms. The predicted octanol–water partition coefficient (Wildman–Crippen LogP) is 1.68. The maximum atomic E-state index is 12.0. The highest BCUT2D eigenvalue weighted by Crippen LogP contribution is 2.21. The molecule has 0 radical (unpaired) electrons. The molecule has 8 heteroatoms. The number of piperidine rings is 1. The molecule has 2 aromatic heterocycles. The van der Waals surface area contributed by atoms with E-state index in [-0.39, 0.29) is 6.03 Å². The van der Waals surface area contributed by atoms with Gasteiger partial charge in [0, 0.05) is 38.4 Å². The smallest absolute Gasteiger partial charge is 0.317 e. The molecule has 1 fully saturated rings. The van der Waals surface area contributed by atoms with E-state index < -0.39 is 0 Å². The second-order valence-electron chi connectivity index (χ2n) is 5.74. The SMILES string of the molecule is C=CCNC(=O)N1CCCC(Cc2nc(-c3cnccn3)no2)C1. The number of nitrogens with zero attached hydrogens (tertiary/aromatic N) is 5. The molecule has 24 heavy (non-hydrogen) atoms. The van der Waals surface area contributed by atoms with Gasteiger partial charge in [-0.1, -0.05) is 11.2 Å². The highest BCUT2D eigenvalue weighted by atomic mass is 16.5. The van der Waals surface area contributed by atoms with Gasteiger partial charge < -0.3 is 14.7 Å². The molecule has 0 saturated carbocycles. The molecule has 1 unspecified atom stereocenters. The first-order valence-corrected chi connectivity index (χ1v) is 7.99. The van der Waals surface area contributed by atoms with Crippen molar-refractivity contribution in [2.45, 2.75) is 19.3 Å². The number of nitrogens with one attached hydrogen (secondary N) is 1. The van der Waals surface area contributed by atoms with Gasteiger partial charge in [0.25, 0.3) is 0 Å². The largest absolute Gasteiger partial charge is 0.339 e. The third-order valence-electron chi connectivity index (χ3n) is 3.93. The lowest BCUT2D eigenvalue weighted by atomic mass is 9.95. The van der Waals surface area contributed by atoms with Gasteiger partial charge in [-0.15, -0.1) is 6.58 Å². The minimum atomic E-state index is -0.0506. The monoisotopic (exact) mass is 328 g/mol. The Morgan fingerprint density at radius 3 is 3.21 bits per heavy atom. The van der Waals surface area contributed by atoms with Crippen molar-refractivity contribution in [1.29, 1.82) is 0 Å². The van der Waals surface area contributed by atoms with E-state index in [2.05, 4.69) is 32.0 Å². The van der Waals surface area contributed by atoms with E-state index in [1.54, 1.807) is 24.7 Å². The Morgan fingerprint density at radius 1 is 1.50 bits per heavy atom. The lowest BCUT2D eigenvalue weighted by molar-refractivity contribution is 0.162. The van der Waals surface area contributed by atoms with Crippen molar-refractivity contribution in [3.8, 4) is 11.5 Å². The highest BCUT2D eigenvalue weighted by Gasteiger charge is 2.25. The molecule has 126 valence electrons. The molecular weight excluding hydrogens is 308 g/mol. The maximum Gasteiger partial charge on any atom is 0.317 e. The molecule has 2 aromatic rings. The Morgan fingerprint density at radius 2 is 2.42 bits per heavy atom. The van der Waals surface area contributed by atoms with Crippen LogP contribution < -0.4 is 5.32 Å². The molecule has 0 bridgehead atoms. The van der Waals surface area contributed by atoms with E-state index in [4.69, 9.17) is 4.52 Å². The van der Waals surface area contributed by atoms with Crippen molar-refractivity contribution in [3.63, 3.8) is 0 Å². The van der Waals surface area contributed by atoms with E-state index in [1.807, 2.05) is 4.90 Å². The van der Waals surface area contributed by atoms with Crippen LogP contribution >= 0.6 is 0 Å². The summed E-state index contributed by atoms with van der Waals surface area (Å²) in [7, 11) is 0. The molecule has 1 N–H and O–H groups in total. The first-order chi connectivity index (χ1) is 11.8. The minimum Gasteiger partial charge on any atom is -0.339 e. The maximum absolute atomic E-state index is 12.0. The summed E-state index contributed by atoms with van der Waals surface area (Å²) in [6.07, 6.45) is 9.11.